The van der Waals surface area contributed by atoms with Crippen LogP contribution in [-0.4, -0.2) is 29.5 Å². The van der Waals surface area contributed by atoms with E-state index in [4.69, 9.17) is 4.74 Å². The molecule has 0 aliphatic rings. The summed E-state index contributed by atoms with van der Waals surface area (Å²) in [5.74, 6) is 0.0217. The van der Waals surface area contributed by atoms with Crippen LogP contribution < -0.4 is 15.4 Å². The van der Waals surface area contributed by atoms with Crippen LogP contribution in [0.15, 0.2) is 42.6 Å². The Balaban J connectivity index is 1.94. The SMILES string of the molecule is COc1ccc([N+](=O)[O-])cc1NC(=O)CNCc1ccccn1. The highest BCUT2D eigenvalue weighted by Gasteiger charge is 2.13. The van der Waals surface area contributed by atoms with Gasteiger partial charge in [0.2, 0.25) is 5.91 Å². The van der Waals surface area contributed by atoms with Gasteiger partial charge in [0.1, 0.15) is 5.75 Å². The molecule has 0 atom stereocenters. The lowest BCUT2D eigenvalue weighted by Gasteiger charge is -2.10. The van der Waals surface area contributed by atoms with Gasteiger partial charge < -0.3 is 15.4 Å². The average molecular weight is 316 g/mol. The second-order valence-corrected chi connectivity index (χ2v) is 4.61. The fraction of sp³-hybridized carbons (Fsp3) is 0.200. The number of rotatable bonds is 7. The van der Waals surface area contributed by atoms with Crippen LogP contribution in [0.3, 0.4) is 0 Å². The number of nitrogens with one attached hydrogen (secondary N) is 2. The molecule has 2 aromatic rings. The van der Waals surface area contributed by atoms with Crippen molar-refractivity contribution in [2.45, 2.75) is 6.54 Å². The summed E-state index contributed by atoms with van der Waals surface area (Å²) < 4.78 is 5.09. The van der Waals surface area contributed by atoms with E-state index in [0.717, 1.165) is 5.69 Å². The number of aromatic nitrogens is 1. The van der Waals surface area contributed by atoms with Gasteiger partial charge in [0, 0.05) is 24.9 Å². The minimum Gasteiger partial charge on any atom is -0.495 e. The summed E-state index contributed by atoms with van der Waals surface area (Å²) >= 11 is 0. The van der Waals surface area contributed by atoms with Gasteiger partial charge in [0.15, 0.2) is 0 Å². The van der Waals surface area contributed by atoms with E-state index >= 15 is 0 Å². The first-order valence-electron chi connectivity index (χ1n) is 6.83. The number of non-ortho nitro benzene ring substituents is 1. The molecule has 0 aliphatic carbocycles. The number of carbonyl (C=O) groups is 1. The predicted molar refractivity (Wildman–Crippen MR) is 84.2 cm³/mol. The van der Waals surface area contributed by atoms with Gasteiger partial charge in [-0.2, -0.15) is 0 Å². The van der Waals surface area contributed by atoms with Crippen molar-refractivity contribution in [3.05, 3.63) is 58.4 Å². The zero-order valence-electron chi connectivity index (χ0n) is 12.5. The van der Waals surface area contributed by atoms with Gasteiger partial charge in [0.25, 0.3) is 5.69 Å². The summed E-state index contributed by atoms with van der Waals surface area (Å²) in [6, 6.07) is 9.52. The van der Waals surface area contributed by atoms with E-state index in [-0.39, 0.29) is 23.8 Å². The number of amides is 1. The summed E-state index contributed by atoms with van der Waals surface area (Å²) in [4.78, 5) is 26.3. The third-order valence-electron chi connectivity index (χ3n) is 2.99. The second-order valence-electron chi connectivity index (χ2n) is 4.61. The Morgan fingerprint density at radius 3 is 2.83 bits per heavy atom. The number of carbonyl (C=O) groups excluding carboxylic acids is 1. The zero-order chi connectivity index (χ0) is 16.7. The van der Waals surface area contributed by atoms with Crippen molar-refractivity contribution in [2.24, 2.45) is 0 Å². The number of nitro groups is 1. The minimum absolute atomic E-state index is 0.0441. The third-order valence-corrected chi connectivity index (χ3v) is 2.99. The quantitative estimate of drug-likeness (QED) is 0.595. The summed E-state index contributed by atoms with van der Waals surface area (Å²) in [5.41, 5.74) is 0.946. The highest BCUT2D eigenvalue weighted by molar-refractivity contribution is 5.94. The normalized spacial score (nSPS) is 10.1. The second kappa shape index (κ2) is 7.85. The monoisotopic (exact) mass is 316 g/mol. The Labute approximate surface area is 132 Å². The first-order valence-corrected chi connectivity index (χ1v) is 6.83. The lowest BCUT2D eigenvalue weighted by Crippen LogP contribution is -2.28. The van der Waals surface area contributed by atoms with Crippen molar-refractivity contribution >= 4 is 17.3 Å². The van der Waals surface area contributed by atoms with Crippen LogP contribution >= 0.6 is 0 Å². The number of nitro benzene ring substituents is 1. The van der Waals surface area contributed by atoms with E-state index in [1.807, 2.05) is 18.2 Å². The fourth-order valence-electron chi connectivity index (χ4n) is 1.91. The van der Waals surface area contributed by atoms with Crippen molar-refractivity contribution in [2.75, 3.05) is 19.0 Å². The van der Waals surface area contributed by atoms with Gasteiger partial charge >= 0.3 is 0 Å². The maximum atomic E-state index is 11.9. The van der Waals surface area contributed by atoms with Crippen molar-refractivity contribution in [3.8, 4) is 5.75 Å². The Morgan fingerprint density at radius 1 is 1.35 bits per heavy atom. The van der Waals surface area contributed by atoms with Crippen LogP contribution in [0.25, 0.3) is 0 Å². The topological polar surface area (TPSA) is 106 Å². The van der Waals surface area contributed by atoms with E-state index in [1.165, 1.54) is 25.3 Å². The number of hydrogen-bond donors (Lipinski definition) is 2. The molecule has 2 rings (SSSR count). The van der Waals surface area contributed by atoms with E-state index in [0.29, 0.717) is 12.3 Å². The Morgan fingerprint density at radius 2 is 2.17 bits per heavy atom. The molecule has 8 heteroatoms. The smallest absolute Gasteiger partial charge is 0.271 e. The summed E-state index contributed by atoms with van der Waals surface area (Å²) in [7, 11) is 1.43. The Hall–Kier alpha value is -3.00. The maximum Gasteiger partial charge on any atom is 0.271 e. The van der Waals surface area contributed by atoms with Gasteiger partial charge in [-0.1, -0.05) is 6.07 Å². The standard InChI is InChI=1S/C15H16N4O4/c1-23-14-6-5-12(19(21)22)8-13(14)18-15(20)10-16-9-11-4-2-3-7-17-11/h2-8,16H,9-10H2,1H3,(H,18,20). The van der Waals surface area contributed by atoms with Crippen molar-refractivity contribution < 1.29 is 14.5 Å². The molecule has 1 aromatic heterocycles. The Kier molecular flexibility index (Phi) is 5.59. The predicted octanol–water partition coefficient (Wildman–Crippen LogP) is 1.73. The number of methoxy groups -OCH3 is 1. The molecule has 0 radical (unpaired) electrons. The van der Waals surface area contributed by atoms with Crippen LogP contribution in [0.2, 0.25) is 0 Å². The van der Waals surface area contributed by atoms with Crippen LogP contribution in [0.1, 0.15) is 5.69 Å². The molecular formula is C15H16N4O4. The number of benzene rings is 1. The number of anilines is 1. The van der Waals surface area contributed by atoms with E-state index in [9.17, 15) is 14.9 Å². The molecule has 120 valence electrons. The summed E-state index contributed by atoms with van der Waals surface area (Å²) in [6.07, 6.45) is 1.67. The summed E-state index contributed by atoms with van der Waals surface area (Å²) in [6.45, 7) is 0.489. The molecule has 1 amide bonds. The molecule has 23 heavy (non-hydrogen) atoms. The zero-order valence-corrected chi connectivity index (χ0v) is 12.5. The molecule has 1 heterocycles. The number of nitrogens with zero attached hydrogens (tertiary/aromatic N) is 2. The molecule has 1 aromatic carbocycles. The van der Waals surface area contributed by atoms with Gasteiger partial charge in [-0.3, -0.25) is 19.9 Å². The molecule has 0 unspecified atom stereocenters. The van der Waals surface area contributed by atoms with Crippen LogP contribution in [0.5, 0.6) is 5.75 Å². The molecule has 0 bridgehead atoms. The minimum atomic E-state index is -0.533. The van der Waals surface area contributed by atoms with Gasteiger partial charge in [0.05, 0.1) is 30.0 Å². The molecule has 0 fully saturated rings. The van der Waals surface area contributed by atoms with Gasteiger partial charge in [-0.15, -0.1) is 0 Å². The lowest BCUT2D eigenvalue weighted by molar-refractivity contribution is -0.384. The molecule has 2 N–H and O–H groups in total. The lowest BCUT2D eigenvalue weighted by atomic mass is 10.2. The largest absolute Gasteiger partial charge is 0.495 e. The molecule has 0 saturated heterocycles. The number of pyridine rings is 1. The Bertz CT molecular complexity index is 691. The molecule has 8 nitrogen and oxygen atoms in total. The highest BCUT2D eigenvalue weighted by atomic mass is 16.6. The van der Waals surface area contributed by atoms with Crippen LogP contribution in [0.4, 0.5) is 11.4 Å². The molecule has 0 saturated carbocycles. The number of ether oxygens (including phenoxy) is 1. The van der Waals surface area contributed by atoms with E-state index in [1.54, 1.807) is 6.20 Å². The van der Waals surface area contributed by atoms with Crippen LogP contribution in [-0.2, 0) is 11.3 Å². The summed E-state index contributed by atoms with van der Waals surface area (Å²) in [5, 5.41) is 16.3. The van der Waals surface area contributed by atoms with Crippen LogP contribution in [0, 0.1) is 10.1 Å². The van der Waals surface area contributed by atoms with Gasteiger partial charge in [-0.05, 0) is 18.2 Å². The highest BCUT2D eigenvalue weighted by Crippen LogP contribution is 2.28. The first-order chi connectivity index (χ1) is 11.1. The van der Waals surface area contributed by atoms with E-state index < -0.39 is 4.92 Å². The average Bonchev–Trinajstić information content (AvgIpc) is 2.55. The fourth-order valence-corrected chi connectivity index (χ4v) is 1.91. The maximum absolute atomic E-state index is 11.9. The van der Waals surface area contributed by atoms with Crippen molar-refractivity contribution in [3.63, 3.8) is 0 Å². The van der Waals surface area contributed by atoms with Gasteiger partial charge in [-0.25, -0.2) is 0 Å². The van der Waals surface area contributed by atoms with Crippen molar-refractivity contribution in [1.29, 1.82) is 0 Å². The molecular weight excluding hydrogens is 300 g/mol. The van der Waals surface area contributed by atoms with Crippen molar-refractivity contribution in [1.82, 2.24) is 10.3 Å². The third kappa shape index (κ3) is 4.75. The first kappa shape index (κ1) is 16.4. The number of hydrogen-bond acceptors (Lipinski definition) is 6. The molecule has 0 aliphatic heterocycles. The molecule has 0 spiro atoms. The van der Waals surface area contributed by atoms with E-state index in [2.05, 4.69) is 15.6 Å².